The number of hydrogen-bond donors (Lipinski definition) is 1. The van der Waals surface area contributed by atoms with Crippen molar-refractivity contribution in [1.29, 1.82) is 0 Å². The summed E-state index contributed by atoms with van der Waals surface area (Å²) in [6.07, 6.45) is 1.43. The Morgan fingerprint density at radius 1 is 0.946 bits per heavy atom. The number of hydrogen-bond acceptors (Lipinski definition) is 5. The van der Waals surface area contributed by atoms with E-state index < -0.39 is 17.8 Å². The summed E-state index contributed by atoms with van der Waals surface area (Å²) in [6.45, 7) is 6.38. The van der Waals surface area contributed by atoms with Crippen LogP contribution in [0, 0.1) is 13.8 Å². The van der Waals surface area contributed by atoms with Gasteiger partial charge in [-0.05, 0) is 89.8 Å². The lowest BCUT2D eigenvalue weighted by Crippen LogP contribution is -2.54. The van der Waals surface area contributed by atoms with Gasteiger partial charge in [0.05, 0.1) is 16.8 Å². The van der Waals surface area contributed by atoms with Gasteiger partial charge in [-0.25, -0.2) is 9.69 Å². The number of barbiturate groups is 1. The Bertz CT molecular complexity index is 1420. The summed E-state index contributed by atoms with van der Waals surface area (Å²) in [5, 5.41) is 2.26. The van der Waals surface area contributed by atoms with Crippen LogP contribution in [-0.4, -0.2) is 24.5 Å². The number of rotatable bonds is 7. The highest BCUT2D eigenvalue weighted by atomic mass is 79.9. The first-order valence-corrected chi connectivity index (χ1v) is 13.1. The summed E-state index contributed by atoms with van der Waals surface area (Å²) in [7, 11) is 0. The average molecular weight is 628 g/mol. The number of aryl methyl sites for hydroxylation is 2. The third-order valence-corrected chi connectivity index (χ3v) is 6.73. The first-order chi connectivity index (χ1) is 17.7. The highest BCUT2D eigenvalue weighted by Gasteiger charge is 2.37. The minimum atomic E-state index is -0.798. The third-order valence-electron chi connectivity index (χ3n) is 5.65. The molecular formula is C28H24Br2N2O5. The Morgan fingerprint density at radius 3 is 2.35 bits per heavy atom. The molecule has 9 heteroatoms. The first-order valence-electron chi connectivity index (χ1n) is 11.5. The van der Waals surface area contributed by atoms with Crippen molar-refractivity contribution < 1.29 is 23.9 Å². The molecule has 0 atom stereocenters. The topological polar surface area (TPSA) is 84.9 Å². The normalized spacial score (nSPS) is 14.7. The van der Waals surface area contributed by atoms with Gasteiger partial charge in [0.2, 0.25) is 0 Å². The van der Waals surface area contributed by atoms with Crippen LogP contribution in [-0.2, 0) is 16.2 Å². The molecule has 0 saturated carbocycles. The number of amides is 4. The number of nitrogens with zero attached hydrogens (tertiary/aromatic N) is 1. The number of halogens is 2. The van der Waals surface area contributed by atoms with Crippen molar-refractivity contribution in [2.75, 3.05) is 11.5 Å². The highest BCUT2D eigenvalue weighted by molar-refractivity contribution is 9.10. The molecule has 0 aromatic heterocycles. The van der Waals surface area contributed by atoms with Gasteiger partial charge in [0, 0.05) is 4.47 Å². The van der Waals surface area contributed by atoms with E-state index in [0.29, 0.717) is 46.0 Å². The SMILES string of the molecule is CCOc1cc(/C=C2/C(=O)NC(=O)N(c3ccc(Br)cc3C)C2=O)cc(Br)c1OCc1ccc(C)cc1. The van der Waals surface area contributed by atoms with E-state index >= 15 is 0 Å². The molecule has 0 unspecified atom stereocenters. The number of ether oxygens (including phenoxy) is 2. The summed E-state index contributed by atoms with van der Waals surface area (Å²) >= 11 is 6.91. The maximum atomic E-state index is 13.3. The Morgan fingerprint density at radius 2 is 1.68 bits per heavy atom. The molecule has 4 rings (SSSR count). The molecule has 0 bridgehead atoms. The van der Waals surface area contributed by atoms with Crippen molar-refractivity contribution in [1.82, 2.24) is 5.32 Å². The van der Waals surface area contributed by atoms with Gasteiger partial charge >= 0.3 is 6.03 Å². The fourth-order valence-electron chi connectivity index (χ4n) is 3.83. The van der Waals surface area contributed by atoms with Crippen LogP contribution in [0.3, 0.4) is 0 Å². The standard InChI is InChI=1S/C28H24Br2N2O5/c1-4-36-24-14-19(13-22(30)25(24)37-15-18-7-5-16(2)6-8-18)12-21-26(33)31-28(35)32(27(21)34)23-10-9-20(29)11-17(23)3/h5-14H,4,15H2,1-3H3,(H,31,33,35)/b21-12-. The van der Waals surface area contributed by atoms with Gasteiger partial charge in [-0.3, -0.25) is 14.9 Å². The van der Waals surface area contributed by atoms with E-state index in [-0.39, 0.29) is 5.57 Å². The van der Waals surface area contributed by atoms with Gasteiger partial charge in [0.15, 0.2) is 11.5 Å². The third kappa shape index (κ3) is 5.94. The molecule has 0 radical (unpaired) electrons. The minimum Gasteiger partial charge on any atom is -0.490 e. The zero-order valence-corrected chi connectivity index (χ0v) is 23.6. The molecule has 1 N–H and O–H groups in total. The van der Waals surface area contributed by atoms with E-state index in [1.165, 1.54) is 6.08 Å². The molecule has 3 aromatic carbocycles. The van der Waals surface area contributed by atoms with E-state index in [9.17, 15) is 14.4 Å². The van der Waals surface area contributed by atoms with E-state index in [1.54, 1.807) is 37.3 Å². The average Bonchev–Trinajstić information content (AvgIpc) is 2.84. The fourth-order valence-corrected chi connectivity index (χ4v) is 4.88. The predicted molar refractivity (Wildman–Crippen MR) is 149 cm³/mol. The maximum absolute atomic E-state index is 13.3. The summed E-state index contributed by atoms with van der Waals surface area (Å²) in [5.74, 6) is -0.523. The molecule has 0 spiro atoms. The van der Waals surface area contributed by atoms with E-state index in [0.717, 1.165) is 20.5 Å². The van der Waals surface area contributed by atoms with E-state index in [1.807, 2.05) is 38.1 Å². The molecule has 4 amide bonds. The zero-order chi connectivity index (χ0) is 26.7. The molecule has 1 fully saturated rings. The second-order valence-electron chi connectivity index (χ2n) is 8.43. The summed E-state index contributed by atoms with van der Waals surface area (Å²) in [5.41, 5.74) is 3.60. The van der Waals surface area contributed by atoms with Gasteiger partial charge in [-0.1, -0.05) is 45.8 Å². The number of anilines is 1. The van der Waals surface area contributed by atoms with Crippen LogP contribution < -0.4 is 19.7 Å². The van der Waals surface area contributed by atoms with Crippen LogP contribution in [0.15, 0.2) is 69.1 Å². The van der Waals surface area contributed by atoms with E-state index in [2.05, 4.69) is 37.2 Å². The molecular weight excluding hydrogens is 604 g/mol. The highest BCUT2D eigenvalue weighted by Crippen LogP contribution is 2.38. The summed E-state index contributed by atoms with van der Waals surface area (Å²) < 4.78 is 13.3. The first kappa shape index (κ1) is 26.6. The molecule has 1 aliphatic rings. The number of nitrogens with one attached hydrogen (secondary N) is 1. The molecule has 37 heavy (non-hydrogen) atoms. The smallest absolute Gasteiger partial charge is 0.335 e. The van der Waals surface area contributed by atoms with Crippen LogP contribution in [0.25, 0.3) is 6.08 Å². The second kappa shape index (κ2) is 11.3. The lowest BCUT2D eigenvalue weighted by atomic mass is 10.1. The van der Waals surface area contributed by atoms with Crippen molar-refractivity contribution in [3.63, 3.8) is 0 Å². The molecule has 1 aliphatic heterocycles. The van der Waals surface area contributed by atoms with Gasteiger partial charge < -0.3 is 9.47 Å². The molecule has 3 aromatic rings. The van der Waals surface area contributed by atoms with Gasteiger partial charge in [-0.15, -0.1) is 0 Å². The largest absolute Gasteiger partial charge is 0.490 e. The van der Waals surface area contributed by atoms with E-state index in [4.69, 9.17) is 9.47 Å². The Hall–Kier alpha value is -3.43. The van der Waals surface area contributed by atoms with Gasteiger partial charge in [0.25, 0.3) is 11.8 Å². The van der Waals surface area contributed by atoms with Crippen LogP contribution in [0.5, 0.6) is 11.5 Å². The fraction of sp³-hybridized carbons (Fsp3) is 0.179. The van der Waals surface area contributed by atoms with Crippen molar-refractivity contribution in [3.05, 3.63) is 91.4 Å². The second-order valence-corrected chi connectivity index (χ2v) is 10.2. The number of imide groups is 2. The van der Waals surface area contributed by atoms with Crippen molar-refractivity contribution >= 4 is 61.5 Å². The van der Waals surface area contributed by atoms with Crippen molar-refractivity contribution in [2.45, 2.75) is 27.4 Å². The summed E-state index contributed by atoms with van der Waals surface area (Å²) in [6, 6.07) is 15.8. The van der Waals surface area contributed by atoms with Gasteiger partial charge in [0.1, 0.15) is 12.2 Å². The van der Waals surface area contributed by atoms with Crippen LogP contribution in [0.4, 0.5) is 10.5 Å². The quantitative estimate of drug-likeness (QED) is 0.240. The molecule has 1 saturated heterocycles. The van der Waals surface area contributed by atoms with Crippen LogP contribution in [0.1, 0.15) is 29.2 Å². The Balaban J connectivity index is 1.67. The molecule has 0 aliphatic carbocycles. The summed E-state index contributed by atoms with van der Waals surface area (Å²) in [4.78, 5) is 39.5. The maximum Gasteiger partial charge on any atom is 0.335 e. The predicted octanol–water partition coefficient (Wildman–Crippen LogP) is 6.47. The lowest BCUT2D eigenvalue weighted by Gasteiger charge is -2.27. The monoisotopic (exact) mass is 626 g/mol. The Labute approximate surface area is 231 Å². The number of carbonyl (C=O) groups is 3. The van der Waals surface area contributed by atoms with Crippen molar-refractivity contribution in [3.8, 4) is 11.5 Å². The van der Waals surface area contributed by atoms with Crippen molar-refractivity contribution in [2.24, 2.45) is 0 Å². The van der Waals surface area contributed by atoms with Crippen LogP contribution >= 0.6 is 31.9 Å². The van der Waals surface area contributed by atoms with Crippen LogP contribution in [0.2, 0.25) is 0 Å². The number of carbonyl (C=O) groups excluding carboxylic acids is 3. The zero-order valence-electron chi connectivity index (χ0n) is 20.4. The number of benzene rings is 3. The molecule has 190 valence electrons. The number of urea groups is 1. The van der Waals surface area contributed by atoms with Gasteiger partial charge in [-0.2, -0.15) is 0 Å². The molecule has 7 nitrogen and oxygen atoms in total. The minimum absolute atomic E-state index is 0.176. The lowest BCUT2D eigenvalue weighted by molar-refractivity contribution is -0.122. The Kier molecular flexibility index (Phi) is 8.14. The molecule has 1 heterocycles.